The summed E-state index contributed by atoms with van der Waals surface area (Å²) in [6, 6.07) is 15.4. The zero-order valence-electron chi connectivity index (χ0n) is 19.2. The highest BCUT2D eigenvalue weighted by Crippen LogP contribution is 2.37. The van der Waals surface area contributed by atoms with Gasteiger partial charge in [0.15, 0.2) is 5.82 Å². The average Bonchev–Trinajstić information content (AvgIpc) is 3.35. The topological polar surface area (TPSA) is 101 Å². The van der Waals surface area contributed by atoms with Crippen LogP contribution in [0, 0.1) is 5.82 Å². The molecule has 0 aliphatic heterocycles. The molecule has 5 aromatic rings. The zero-order valence-corrected chi connectivity index (χ0v) is 19.2. The number of rotatable bonds is 4. The van der Waals surface area contributed by atoms with E-state index in [0.29, 0.717) is 11.7 Å². The molecule has 0 atom stereocenters. The van der Waals surface area contributed by atoms with E-state index in [2.05, 4.69) is 20.4 Å². The van der Waals surface area contributed by atoms with Gasteiger partial charge in [0.25, 0.3) is 11.8 Å². The highest BCUT2D eigenvalue weighted by Gasteiger charge is 2.36. The van der Waals surface area contributed by atoms with Crippen molar-refractivity contribution in [2.24, 2.45) is 0 Å². The smallest absolute Gasteiger partial charge is 0.295 e. The first-order valence-electron chi connectivity index (χ1n) is 11.0. The molecule has 3 aromatic heterocycles. The second-order valence-electron chi connectivity index (χ2n) is 8.01. The van der Waals surface area contributed by atoms with Gasteiger partial charge >= 0.3 is 6.18 Å². The fraction of sp³-hybridized carbons (Fsp3) is 0.0385. The summed E-state index contributed by atoms with van der Waals surface area (Å²) in [5.74, 6) is -3.75. The van der Waals surface area contributed by atoms with Crippen molar-refractivity contribution in [2.45, 2.75) is 6.18 Å². The summed E-state index contributed by atoms with van der Waals surface area (Å²) in [6.45, 7) is 0. The Morgan fingerprint density at radius 2 is 1.53 bits per heavy atom. The summed E-state index contributed by atoms with van der Waals surface area (Å²) in [5, 5.41) is 0. The van der Waals surface area contributed by atoms with Crippen molar-refractivity contribution in [2.75, 3.05) is 0 Å². The molecule has 2 aromatic carbocycles. The quantitative estimate of drug-likeness (QED) is 0.265. The molecule has 0 saturated carbocycles. The highest BCUT2D eigenvalue weighted by atomic mass is 19.4. The molecule has 5 rings (SSSR count). The largest absolute Gasteiger partial charge is 0.417 e. The molecule has 3 heterocycles. The summed E-state index contributed by atoms with van der Waals surface area (Å²) < 4.78 is 56.6. The van der Waals surface area contributed by atoms with Crippen molar-refractivity contribution in [3.8, 4) is 22.5 Å². The molecule has 38 heavy (non-hydrogen) atoms. The number of hydrogen-bond donors (Lipinski definition) is 2. The normalized spacial score (nSPS) is 11.4. The van der Waals surface area contributed by atoms with Crippen LogP contribution in [-0.4, -0.2) is 31.2 Å². The SMILES string of the molecule is O=C(NNC(=O)c1cnc2cc(-c3ccccc3)ccn12)c1cc(-c2ncccn2)c(C(F)(F)F)cc1F. The Bertz CT molecular complexity index is 1650. The van der Waals surface area contributed by atoms with Crippen molar-refractivity contribution in [3.63, 3.8) is 0 Å². The van der Waals surface area contributed by atoms with Crippen LogP contribution in [0.3, 0.4) is 0 Å². The number of alkyl halides is 3. The number of carbonyl (C=O) groups excluding carboxylic acids is 2. The molecule has 0 bridgehead atoms. The number of aromatic nitrogens is 4. The Kier molecular flexibility index (Phi) is 6.29. The van der Waals surface area contributed by atoms with Gasteiger partial charge in [-0.05, 0) is 41.5 Å². The second-order valence-corrected chi connectivity index (χ2v) is 8.01. The van der Waals surface area contributed by atoms with Crippen LogP contribution in [0.5, 0.6) is 0 Å². The monoisotopic (exact) mass is 520 g/mol. The maximum absolute atomic E-state index is 14.6. The van der Waals surface area contributed by atoms with E-state index in [1.54, 1.807) is 18.3 Å². The molecule has 2 N–H and O–H groups in total. The number of amides is 2. The maximum atomic E-state index is 14.6. The molecular formula is C26H16F4N6O2. The van der Waals surface area contributed by atoms with Crippen molar-refractivity contribution in [1.29, 1.82) is 0 Å². The van der Waals surface area contributed by atoms with Crippen LogP contribution in [0.2, 0.25) is 0 Å². The lowest BCUT2D eigenvalue weighted by Crippen LogP contribution is -2.42. The number of nitrogens with zero attached hydrogens (tertiary/aromatic N) is 4. The third kappa shape index (κ3) is 4.78. The fourth-order valence-electron chi connectivity index (χ4n) is 3.81. The number of hydrazine groups is 1. The van der Waals surface area contributed by atoms with E-state index in [9.17, 15) is 27.2 Å². The number of imidazole rings is 1. The summed E-state index contributed by atoms with van der Waals surface area (Å²) in [6.07, 6.45) is 0.412. The maximum Gasteiger partial charge on any atom is 0.417 e. The van der Waals surface area contributed by atoms with Gasteiger partial charge in [-0.1, -0.05) is 30.3 Å². The van der Waals surface area contributed by atoms with Crippen molar-refractivity contribution < 1.29 is 27.2 Å². The Morgan fingerprint density at radius 1 is 0.816 bits per heavy atom. The van der Waals surface area contributed by atoms with Crippen LogP contribution < -0.4 is 10.9 Å². The first-order chi connectivity index (χ1) is 18.2. The lowest BCUT2D eigenvalue weighted by Gasteiger charge is -2.15. The van der Waals surface area contributed by atoms with E-state index in [1.165, 1.54) is 29.1 Å². The molecule has 8 nitrogen and oxygen atoms in total. The Hall–Kier alpha value is -5.13. The third-order valence-corrected chi connectivity index (χ3v) is 5.61. The van der Waals surface area contributed by atoms with Crippen LogP contribution >= 0.6 is 0 Å². The zero-order chi connectivity index (χ0) is 26.9. The van der Waals surface area contributed by atoms with Gasteiger partial charge in [-0.15, -0.1) is 0 Å². The number of benzene rings is 2. The fourth-order valence-corrected chi connectivity index (χ4v) is 3.81. The third-order valence-electron chi connectivity index (χ3n) is 5.61. The Balaban J connectivity index is 1.37. The van der Waals surface area contributed by atoms with Gasteiger partial charge in [0.1, 0.15) is 17.2 Å². The Morgan fingerprint density at radius 3 is 2.24 bits per heavy atom. The Labute approximate surface area is 212 Å². The van der Waals surface area contributed by atoms with Crippen molar-refractivity contribution in [1.82, 2.24) is 30.2 Å². The molecule has 190 valence electrons. The van der Waals surface area contributed by atoms with E-state index in [1.807, 2.05) is 35.8 Å². The summed E-state index contributed by atoms with van der Waals surface area (Å²) in [5.41, 5.74) is 3.83. The van der Waals surface area contributed by atoms with Crippen molar-refractivity contribution >= 4 is 17.5 Å². The number of fused-ring (bicyclic) bond motifs is 1. The van der Waals surface area contributed by atoms with Crippen LogP contribution in [0.1, 0.15) is 26.4 Å². The summed E-state index contributed by atoms with van der Waals surface area (Å²) in [4.78, 5) is 37.1. The van der Waals surface area contributed by atoms with Gasteiger partial charge in [0.2, 0.25) is 0 Å². The lowest BCUT2D eigenvalue weighted by atomic mass is 10.0. The molecule has 12 heteroatoms. The van der Waals surface area contributed by atoms with Crippen molar-refractivity contribution in [3.05, 3.63) is 108 Å². The van der Waals surface area contributed by atoms with Crippen LogP contribution in [-0.2, 0) is 6.18 Å². The molecule has 0 fully saturated rings. The number of carbonyl (C=O) groups is 2. The number of nitrogens with one attached hydrogen (secondary N) is 2. The summed E-state index contributed by atoms with van der Waals surface area (Å²) in [7, 11) is 0. The number of pyridine rings is 1. The van der Waals surface area contributed by atoms with Gasteiger partial charge in [-0.25, -0.2) is 19.3 Å². The summed E-state index contributed by atoms with van der Waals surface area (Å²) >= 11 is 0. The van der Waals surface area contributed by atoms with E-state index in [4.69, 9.17) is 0 Å². The van der Waals surface area contributed by atoms with Gasteiger partial charge in [0, 0.05) is 24.2 Å². The van der Waals surface area contributed by atoms with Gasteiger partial charge in [-0.3, -0.25) is 24.8 Å². The highest BCUT2D eigenvalue weighted by molar-refractivity contribution is 5.99. The molecule has 0 saturated heterocycles. The van der Waals surface area contributed by atoms with Crippen LogP contribution in [0.25, 0.3) is 28.2 Å². The molecule has 0 aliphatic rings. The first kappa shape index (κ1) is 24.6. The molecule has 0 unspecified atom stereocenters. The van der Waals surface area contributed by atoms with E-state index in [0.717, 1.165) is 11.1 Å². The number of hydrogen-bond acceptors (Lipinski definition) is 5. The standard InChI is InChI=1S/C26H16F4N6O2/c27-20-13-19(26(28,29)30)17(23-31-8-4-9-32-23)12-18(20)24(37)34-35-25(38)21-14-33-22-11-16(7-10-36(21)22)15-5-2-1-3-6-15/h1-14H,(H,34,37)(H,35,38). The minimum Gasteiger partial charge on any atom is -0.295 e. The van der Waals surface area contributed by atoms with Gasteiger partial charge in [-0.2, -0.15) is 13.2 Å². The molecule has 0 aliphatic carbocycles. The average molecular weight is 520 g/mol. The predicted octanol–water partition coefficient (Wildman–Crippen LogP) is 4.69. The molecule has 2 amide bonds. The van der Waals surface area contributed by atoms with Gasteiger partial charge < -0.3 is 0 Å². The van der Waals surface area contributed by atoms with Gasteiger partial charge in [0.05, 0.1) is 17.3 Å². The minimum absolute atomic E-state index is 0.0613. The van der Waals surface area contributed by atoms with Crippen LogP contribution in [0.15, 0.2) is 85.5 Å². The second kappa shape index (κ2) is 9.73. The lowest BCUT2D eigenvalue weighted by molar-refractivity contribution is -0.137. The first-order valence-corrected chi connectivity index (χ1v) is 11.0. The number of halogens is 4. The molecule has 0 spiro atoms. The predicted molar refractivity (Wildman–Crippen MR) is 128 cm³/mol. The van der Waals surface area contributed by atoms with E-state index in [-0.39, 0.29) is 17.6 Å². The van der Waals surface area contributed by atoms with E-state index < -0.39 is 40.5 Å². The molecular weight excluding hydrogens is 504 g/mol. The molecule has 0 radical (unpaired) electrons. The minimum atomic E-state index is -4.93. The van der Waals surface area contributed by atoms with E-state index >= 15 is 0 Å². The van der Waals surface area contributed by atoms with Crippen LogP contribution in [0.4, 0.5) is 17.6 Å².